The van der Waals surface area contributed by atoms with E-state index in [0.29, 0.717) is 18.2 Å². The minimum atomic E-state index is -5.12. The predicted molar refractivity (Wildman–Crippen MR) is 118 cm³/mol. The van der Waals surface area contributed by atoms with Gasteiger partial charge in [0.2, 0.25) is 11.6 Å². The fourth-order valence-electron chi connectivity index (χ4n) is 3.78. The first-order valence-electron chi connectivity index (χ1n) is 10.5. The minimum Gasteiger partial charge on any atom is -0.490 e. The third-order valence-electron chi connectivity index (χ3n) is 5.43. The van der Waals surface area contributed by atoms with Gasteiger partial charge in [0.15, 0.2) is 28.6 Å². The van der Waals surface area contributed by atoms with Gasteiger partial charge in [-0.2, -0.15) is 17.6 Å². The molecule has 2 aromatic carbocycles. The standard InChI is InChI=1S/C23H12F6N6O3/c1-37-21-16(3-2-11(24)19(21)26)38-17-8-10(23(27,28)29)12(25)9-14(17)35-7-5-15(36)18-13(35)4-6-30-20(18)22-31-33-34-32-22/h2-9H,1H3,(H,31,32,33,34). The fourth-order valence-corrected chi connectivity index (χ4v) is 3.78. The van der Waals surface area contributed by atoms with Crippen molar-refractivity contribution in [1.82, 2.24) is 30.2 Å². The molecular formula is C23H12F6N6O3. The first-order valence-corrected chi connectivity index (χ1v) is 10.5. The van der Waals surface area contributed by atoms with Gasteiger partial charge in [-0.15, -0.1) is 5.10 Å². The smallest absolute Gasteiger partial charge is 0.419 e. The Kier molecular flexibility index (Phi) is 5.97. The lowest BCUT2D eigenvalue weighted by Crippen LogP contribution is -2.13. The maximum Gasteiger partial charge on any atom is 0.419 e. The van der Waals surface area contributed by atoms with Crippen molar-refractivity contribution >= 4 is 10.9 Å². The number of pyridine rings is 2. The van der Waals surface area contributed by atoms with E-state index in [1.807, 2.05) is 0 Å². The highest BCUT2D eigenvalue weighted by Gasteiger charge is 2.36. The summed E-state index contributed by atoms with van der Waals surface area (Å²) < 4.78 is 95.0. The van der Waals surface area contributed by atoms with E-state index in [1.165, 1.54) is 18.5 Å². The van der Waals surface area contributed by atoms with Crippen LogP contribution < -0.4 is 14.9 Å². The number of ether oxygens (including phenoxy) is 2. The molecule has 0 saturated carbocycles. The number of methoxy groups -OCH3 is 1. The van der Waals surface area contributed by atoms with Crippen molar-refractivity contribution in [2.45, 2.75) is 6.18 Å². The molecule has 3 heterocycles. The highest BCUT2D eigenvalue weighted by Crippen LogP contribution is 2.42. The Morgan fingerprint density at radius 3 is 2.47 bits per heavy atom. The minimum absolute atomic E-state index is 0.0176. The van der Waals surface area contributed by atoms with Crippen molar-refractivity contribution in [3.63, 3.8) is 0 Å². The van der Waals surface area contributed by atoms with Crippen LogP contribution in [0.5, 0.6) is 17.2 Å². The van der Waals surface area contributed by atoms with E-state index in [1.54, 1.807) is 0 Å². The normalized spacial score (nSPS) is 11.7. The van der Waals surface area contributed by atoms with E-state index in [0.717, 1.165) is 23.8 Å². The molecule has 5 rings (SSSR count). The van der Waals surface area contributed by atoms with Crippen LogP contribution in [-0.4, -0.2) is 37.3 Å². The Morgan fingerprint density at radius 2 is 1.79 bits per heavy atom. The van der Waals surface area contributed by atoms with Crippen molar-refractivity contribution in [3.05, 3.63) is 82.0 Å². The Balaban J connectivity index is 1.80. The Morgan fingerprint density at radius 1 is 1.00 bits per heavy atom. The molecule has 0 aliphatic heterocycles. The summed E-state index contributed by atoms with van der Waals surface area (Å²) in [5.41, 5.74) is -2.46. The second-order valence-corrected chi connectivity index (χ2v) is 7.65. The number of halogens is 6. The van der Waals surface area contributed by atoms with Crippen LogP contribution in [0.15, 0.2) is 53.6 Å². The number of fused-ring (bicyclic) bond motifs is 1. The van der Waals surface area contributed by atoms with Crippen molar-refractivity contribution in [2.24, 2.45) is 0 Å². The van der Waals surface area contributed by atoms with Gasteiger partial charge in [0.1, 0.15) is 11.5 Å². The number of H-pyrrole nitrogens is 1. The molecule has 38 heavy (non-hydrogen) atoms. The first-order chi connectivity index (χ1) is 18.1. The average molecular weight is 534 g/mol. The fraction of sp³-hybridized carbons (Fsp3) is 0.0870. The van der Waals surface area contributed by atoms with Gasteiger partial charge in [-0.1, -0.05) is 0 Å². The van der Waals surface area contributed by atoms with E-state index in [4.69, 9.17) is 9.47 Å². The number of aromatic amines is 1. The van der Waals surface area contributed by atoms with Crippen LogP contribution in [0.2, 0.25) is 0 Å². The number of rotatable bonds is 5. The zero-order valence-corrected chi connectivity index (χ0v) is 18.8. The summed E-state index contributed by atoms with van der Waals surface area (Å²) in [5.74, 6) is -6.22. The molecule has 3 aromatic heterocycles. The van der Waals surface area contributed by atoms with Crippen LogP contribution >= 0.6 is 0 Å². The van der Waals surface area contributed by atoms with Gasteiger partial charge in [0.25, 0.3) is 0 Å². The molecule has 15 heteroatoms. The van der Waals surface area contributed by atoms with Crippen molar-refractivity contribution in [1.29, 1.82) is 0 Å². The van der Waals surface area contributed by atoms with E-state index >= 15 is 0 Å². The van der Waals surface area contributed by atoms with E-state index in [-0.39, 0.29) is 28.1 Å². The molecule has 0 amide bonds. The molecule has 0 atom stereocenters. The van der Waals surface area contributed by atoms with Crippen molar-refractivity contribution in [2.75, 3.05) is 7.11 Å². The summed E-state index contributed by atoms with van der Waals surface area (Å²) in [7, 11) is 1.000. The highest BCUT2D eigenvalue weighted by molar-refractivity contribution is 5.91. The van der Waals surface area contributed by atoms with Crippen LogP contribution in [0.4, 0.5) is 26.3 Å². The summed E-state index contributed by atoms with van der Waals surface area (Å²) in [6, 6.07) is 4.91. The van der Waals surface area contributed by atoms with Crippen molar-refractivity contribution < 1.29 is 35.8 Å². The molecule has 5 aromatic rings. The van der Waals surface area contributed by atoms with Gasteiger partial charge in [-0.05, 0) is 34.7 Å². The summed E-state index contributed by atoms with van der Waals surface area (Å²) in [5, 5.41) is 13.0. The molecule has 0 radical (unpaired) electrons. The number of alkyl halides is 3. The van der Waals surface area contributed by atoms with E-state index in [2.05, 4.69) is 25.6 Å². The largest absolute Gasteiger partial charge is 0.490 e. The van der Waals surface area contributed by atoms with E-state index in [9.17, 15) is 31.1 Å². The molecule has 0 unspecified atom stereocenters. The van der Waals surface area contributed by atoms with Gasteiger partial charge in [0, 0.05) is 24.5 Å². The lowest BCUT2D eigenvalue weighted by Gasteiger charge is -2.19. The first kappa shape index (κ1) is 24.7. The van der Waals surface area contributed by atoms with Crippen LogP contribution in [0.1, 0.15) is 5.56 Å². The number of hydrogen-bond acceptors (Lipinski definition) is 7. The quantitative estimate of drug-likeness (QED) is 0.323. The van der Waals surface area contributed by atoms with Crippen molar-refractivity contribution in [3.8, 4) is 34.5 Å². The van der Waals surface area contributed by atoms with E-state index < -0.39 is 51.9 Å². The molecule has 0 bridgehead atoms. The molecule has 9 nitrogen and oxygen atoms in total. The molecular weight excluding hydrogens is 522 g/mol. The third-order valence-corrected chi connectivity index (χ3v) is 5.43. The molecule has 0 spiro atoms. The average Bonchev–Trinajstić information content (AvgIpc) is 3.42. The molecule has 1 N–H and O–H groups in total. The second-order valence-electron chi connectivity index (χ2n) is 7.65. The number of hydrogen-bond donors (Lipinski definition) is 1. The molecule has 0 fully saturated rings. The Labute approximate surface area is 207 Å². The van der Waals surface area contributed by atoms with Gasteiger partial charge >= 0.3 is 6.18 Å². The lowest BCUT2D eigenvalue weighted by molar-refractivity contribution is -0.140. The molecule has 0 aliphatic carbocycles. The number of aromatic nitrogens is 6. The summed E-state index contributed by atoms with van der Waals surface area (Å²) in [6.45, 7) is 0. The molecule has 0 aliphatic rings. The molecule has 0 saturated heterocycles. The van der Waals surface area contributed by atoms with Crippen LogP contribution in [0.3, 0.4) is 0 Å². The zero-order valence-electron chi connectivity index (χ0n) is 18.8. The summed E-state index contributed by atoms with van der Waals surface area (Å²) in [6.07, 6.45) is -2.68. The van der Waals surface area contributed by atoms with Crippen LogP contribution in [0, 0.1) is 17.5 Å². The van der Waals surface area contributed by atoms with Gasteiger partial charge in [0.05, 0.1) is 29.3 Å². The molecule has 194 valence electrons. The highest BCUT2D eigenvalue weighted by atomic mass is 19.4. The topological polar surface area (TPSA) is 108 Å². The zero-order chi connectivity index (χ0) is 27.2. The lowest BCUT2D eigenvalue weighted by atomic mass is 10.1. The van der Waals surface area contributed by atoms with Gasteiger partial charge in [-0.3, -0.25) is 9.78 Å². The maximum atomic E-state index is 14.8. The maximum absolute atomic E-state index is 14.8. The monoisotopic (exact) mass is 534 g/mol. The van der Waals surface area contributed by atoms with Gasteiger partial charge < -0.3 is 14.0 Å². The Bertz CT molecular complexity index is 1740. The predicted octanol–water partition coefficient (Wildman–Crippen LogP) is 4.80. The third kappa shape index (κ3) is 4.16. The summed E-state index contributed by atoms with van der Waals surface area (Å²) >= 11 is 0. The number of nitrogens with one attached hydrogen (secondary N) is 1. The number of tetrazole rings is 1. The summed E-state index contributed by atoms with van der Waals surface area (Å²) in [4.78, 5) is 16.9. The number of nitrogens with zero attached hydrogens (tertiary/aromatic N) is 5. The number of benzene rings is 2. The van der Waals surface area contributed by atoms with Gasteiger partial charge in [-0.25, -0.2) is 13.9 Å². The van der Waals surface area contributed by atoms with Crippen LogP contribution in [-0.2, 0) is 6.18 Å². The Hall–Kier alpha value is -4.95. The SMILES string of the molecule is COc1c(Oc2cc(C(F)(F)F)c(F)cc2-n2ccc(=O)c3c(-c4nnn[nH]4)nccc32)ccc(F)c1F. The van der Waals surface area contributed by atoms with Crippen LogP contribution in [0.25, 0.3) is 28.1 Å². The second kappa shape index (κ2) is 9.17.